The van der Waals surface area contributed by atoms with Crippen molar-refractivity contribution in [2.24, 2.45) is 0 Å². The van der Waals surface area contributed by atoms with Gasteiger partial charge in [0.05, 0.1) is 43.0 Å². The molecular formula is C13H16N4O3S. The van der Waals surface area contributed by atoms with Gasteiger partial charge in [-0.25, -0.2) is 9.97 Å². The number of ether oxygens (including phenoxy) is 2. The highest BCUT2D eigenvalue weighted by Gasteiger charge is 2.28. The van der Waals surface area contributed by atoms with Crippen molar-refractivity contribution in [3.8, 4) is 0 Å². The molecule has 8 heteroatoms. The van der Waals surface area contributed by atoms with E-state index in [2.05, 4.69) is 20.3 Å². The number of rotatable bonds is 5. The summed E-state index contributed by atoms with van der Waals surface area (Å²) < 4.78 is 11.3. The van der Waals surface area contributed by atoms with Crippen molar-refractivity contribution in [1.82, 2.24) is 20.3 Å². The topological polar surface area (TPSA) is 89.1 Å². The number of imidazole rings is 1. The summed E-state index contributed by atoms with van der Waals surface area (Å²) in [7, 11) is 0. The predicted octanol–water partition coefficient (Wildman–Crippen LogP) is 0.970. The number of thiazole rings is 1. The summed E-state index contributed by atoms with van der Waals surface area (Å²) in [4.78, 5) is 22.9. The van der Waals surface area contributed by atoms with Crippen LogP contribution >= 0.6 is 11.3 Å². The lowest BCUT2D eigenvalue weighted by molar-refractivity contribution is -0.0742. The monoisotopic (exact) mass is 308 g/mol. The van der Waals surface area contributed by atoms with Crippen molar-refractivity contribution in [3.05, 3.63) is 34.8 Å². The first-order valence-electron chi connectivity index (χ1n) is 6.68. The smallest absolute Gasteiger partial charge is 0.269 e. The van der Waals surface area contributed by atoms with Crippen molar-refractivity contribution in [3.63, 3.8) is 0 Å². The summed E-state index contributed by atoms with van der Waals surface area (Å²) in [5.74, 6) is -0.179. The lowest BCUT2D eigenvalue weighted by atomic mass is 10.1. The molecule has 0 spiro atoms. The number of carbonyl (C=O) groups excluding carboxylic acids is 1. The molecule has 3 rings (SSSR count). The van der Waals surface area contributed by atoms with Crippen LogP contribution < -0.4 is 5.32 Å². The predicted molar refractivity (Wildman–Crippen MR) is 76.0 cm³/mol. The molecule has 1 saturated heterocycles. The van der Waals surface area contributed by atoms with Gasteiger partial charge in [-0.3, -0.25) is 4.79 Å². The maximum Gasteiger partial charge on any atom is 0.269 e. The normalized spacial score (nSPS) is 22.1. The van der Waals surface area contributed by atoms with Crippen LogP contribution in [-0.4, -0.2) is 46.2 Å². The molecule has 1 fully saturated rings. The van der Waals surface area contributed by atoms with Crippen LogP contribution in [0.25, 0.3) is 0 Å². The Labute approximate surface area is 125 Å². The Hall–Kier alpha value is -1.77. The fourth-order valence-electron chi connectivity index (χ4n) is 2.17. The van der Waals surface area contributed by atoms with Crippen LogP contribution in [0.1, 0.15) is 22.6 Å². The SMILES string of the molecule is O=C(N[C@@H]1CCOC[C@H]1OCc1cscn1)c1cnc[nH]1. The number of hydrogen-bond donors (Lipinski definition) is 2. The number of amides is 1. The van der Waals surface area contributed by atoms with Gasteiger partial charge in [0, 0.05) is 12.0 Å². The third kappa shape index (κ3) is 3.66. The van der Waals surface area contributed by atoms with Gasteiger partial charge < -0.3 is 19.8 Å². The van der Waals surface area contributed by atoms with Crippen LogP contribution in [-0.2, 0) is 16.1 Å². The summed E-state index contributed by atoms with van der Waals surface area (Å²) in [6.07, 6.45) is 3.53. The van der Waals surface area contributed by atoms with E-state index < -0.39 is 0 Å². The van der Waals surface area contributed by atoms with Gasteiger partial charge in [-0.15, -0.1) is 11.3 Å². The van der Waals surface area contributed by atoms with Crippen molar-refractivity contribution in [2.75, 3.05) is 13.2 Å². The second-order valence-corrected chi connectivity index (χ2v) is 5.46. The van der Waals surface area contributed by atoms with Gasteiger partial charge in [0.1, 0.15) is 11.8 Å². The molecule has 0 aromatic carbocycles. The molecule has 3 heterocycles. The van der Waals surface area contributed by atoms with E-state index in [4.69, 9.17) is 9.47 Å². The zero-order valence-electron chi connectivity index (χ0n) is 11.3. The molecule has 7 nitrogen and oxygen atoms in total. The summed E-state index contributed by atoms with van der Waals surface area (Å²) in [5.41, 5.74) is 3.11. The summed E-state index contributed by atoms with van der Waals surface area (Å²) >= 11 is 1.53. The quantitative estimate of drug-likeness (QED) is 0.859. The van der Waals surface area contributed by atoms with Crippen molar-refractivity contribution in [2.45, 2.75) is 25.2 Å². The zero-order valence-corrected chi connectivity index (χ0v) is 12.1. The van der Waals surface area contributed by atoms with E-state index in [0.717, 1.165) is 12.1 Å². The van der Waals surface area contributed by atoms with E-state index in [1.54, 1.807) is 5.51 Å². The first kappa shape index (κ1) is 14.2. The van der Waals surface area contributed by atoms with Gasteiger partial charge in [-0.2, -0.15) is 0 Å². The first-order valence-corrected chi connectivity index (χ1v) is 7.63. The Balaban J connectivity index is 1.57. The molecule has 2 aromatic heterocycles. The van der Waals surface area contributed by atoms with Gasteiger partial charge in [0.2, 0.25) is 0 Å². The van der Waals surface area contributed by atoms with Crippen LogP contribution in [0.15, 0.2) is 23.4 Å². The second kappa shape index (κ2) is 6.79. The fraction of sp³-hybridized carbons (Fsp3) is 0.462. The van der Waals surface area contributed by atoms with Crippen LogP contribution in [0.3, 0.4) is 0 Å². The molecule has 1 aliphatic rings. The van der Waals surface area contributed by atoms with Crippen molar-refractivity contribution >= 4 is 17.2 Å². The van der Waals surface area contributed by atoms with Gasteiger partial charge >= 0.3 is 0 Å². The summed E-state index contributed by atoms with van der Waals surface area (Å²) in [5, 5.41) is 4.91. The largest absolute Gasteiger partial charge is 0.379 e. The lowest BCUT2D eigenvalue weighted by Crippen LogP contribution is -2.50. The third-order valence-electron chi connectivity index (χ3n) is 3.29. The highest BCUT2D eigenvalue weighted by molar-refractivity contribution is 7.07. The second-order valence-electron chi connectivity index (χ2n) is 4.74. The molecular weight excluding hydrogens is 292 g/mol. The zero-order chi connectivity index (χ0) is 14.5. The van der Waals surface area contributed by atoms with Crippen LogP contribution in [0.2, 0.25) is 0 Å². The highest BCUT2D eigenvalue weighted by Crippen LogP contribution is 2.14. The molecule has 0 bridgehead atoms. The Morgan fingerprint density at radius 1 is 1.62 bits per heavy atom. The minimum atomic E-state index is -0.179. The van der Waals surface area contributed by atoms with Crippen LogP contribution in [0, 0.1) is 0 Å². The number of H-pyrrole nitrogens is 1. The number of nitrogens with zero attached hydrogens (tertiary/aromatic N) is 2. The number of hydrogen-bond acceptors (Lipinski definition) is 6. The van der Waals surface area contributed by atoms with Gasteiger partial charge in [0.25, 0.3) is 5.91 Å². The Kier molecular flexibility index (Phi) is 4.59. The maximum atomic E-state index is 12.1. The van der Waals surface area contributed by atoms with Crippen molar-refractivity contribution in [1.29, 1.82) is 0 Å². The molecule has 0 saturated carbocycles. The third-order valence-corrected chi connectivity index (χ3v) is 3.93. The highest BCUT2D eigenvalue weighted by atomic mass is 32.1. The fourth-order valence-corrected chi connectivity index (χ4v) is 2.71. The van der Waals surface area contributed by atoms with E-state index in [1.165, 1.54) is 23.9 Å². The minimum absolute atomic E-state index is 0.0758. The number of carbonyl (C=O) groups is 1. The molecule has 21 heavy (non-hydrogen) atoms. The van der Waals surface area contributed by atoms with Gasteiger partial charge in [-0.05, 0) is 6.42 Å². The lowest BCUT2D eigenvalue weighted by Gasteiger charge is -2.31. The van der Waals surface area contributed by atoms with Crippen molar-refractivity contribution < 1.29 is 14.3 Å². The number of nitrogens with one attached hydrogen (secondary N) is 2. The van der Waals surface area contributed by atoms with E-state index in [9.17, 15) is 4.79 Å². The van der Waals surface area contributed by atoms with E-state index in [1.807, 2.05) is 5.38 Å². The average Bonchev–Trinajstić information content (AvgIpc) is 3.20. The van der Waals surface area contributed by atoms with E-state index in [-0.39, 0.29) is 18.1 Å². The van der Waals surface area contributed by atoms with Gasteiger partial charge in [0.15, 0.2) is 0 Å². The molecule has 2 aromatic rings. The Morgan fingerprint density at radius 3 is 3.33 bits per heavy atom. The average molecular weight is 308 g/mol. The molecule has 112 valence electrons. The number of aromatic amines is 1. The molecule has 2 N–H and O–H groups in total. The van der Waals surface area contributed by atoms with Gasteiger partial charge in [-0.1, -0.05) is 0 Å². The molecule has 1 amide bonds. The summed E-state index contributed by atoms with van der Waals surface area (Å²) in [6.45, 7) is 1.51. The summed E-state index contributed by atoms with van der Waals surface area (Å²) in [6, 6.07) is -0.0758. The first-order chi connectivity index (χ1) is 10.3. The minimum Gasteiger partial charge on any atom is -0.379 e. The molecule has 1 aliphatic heterocycles. The van der Waals surface area contributed by atoms with Crippen LogP contribution in [0.5, 0.6) is 0 Å². The molecule has 0 unspecified atom stereocenters. The van der Waals surface area contributed by atoms with Crippen LogP contribution in [0.4, 0.5) is 0 Å². The van der Waals surface area contributed by atoms with E-state index in [0.29, 0.717) is 25.5 Å². The Morgan fingerprint density at radius 2 is 2.57 bits per heavy atom. The Bertz CT molecular complexity index is 558. The molecule has 2 atom stereocenters. The maximum absolute atomic E-state index is 12.1. The number of aromatic nitrogens is 3. The van der Waals surface area contributed by atoms with E-state index >= 15 is 0 Å². The molecule has 0 aliphatic carbocycles. The standard InChI is InChI=1S/C13H16N4O3S/c18-13(11-3-14-7-15-11)17-10-1-2-19-5-12(10)20-4-9-6-21-8-16-9/h3,6-8,10,12H,1-2,4-5H2,(H,14,15)(H,17,18)/t10-,12-/m1/s1. The molecule has 0 radical (unpaired) electrons.